The van der Waals surface area contributed by atoms with E-state index >= 15 is 0 Å². The van der Waals surface area contributed by atoms with Crippen LogP contribution in [-0.4, -0.2) is 60.2 Å². The molecule has 1 aromatic heterocycles. The van der Waals surface area contributed by atoms with Gasteiger partial charge in [-0.1, -0.05) is 30.3 Å². The standard InChI is InChI=1S/C29H29F3N6O3S/c30-29(31,32)27(40)41-28(26(35)39,19-6-2-1-3-7-19)42-25-22(17-34)23(18-8-9-18)21(16-33)24(36-25)38-14-10-20(11-15-38)37-12-4-5-13-37/h1-3,6-7,18,20H,4-5,8-15H2,(H2,35,39). The molecule has 0 spiro atoms. The summed E-state index contributed by atoms with van der Waals surface area (Å²) < 4.78 is 45.1. The molecule has 1 aromatic carbocycles. The first-order valence-corrected chi connectivity index (χ1v) is 14.6. The number of nitrogens with two attached hydrogens (primary N) is 1. The summed E-state index contributed by atoms with van der Waals surface area (Å²) in [7, 11) is 0. The number of hydrogen-bond donors (Lipinski definition) is 1. The number of piperidine rings is 1. The van der Waals surface area contributed by atoms with Crippen molar-refractivity contribution in [2.45, 2.75) is 66.6 Å². The molecule has 9 nitrogen and oxygen atoms in total. The Labute approximate surface area is 245 Å². The topological polar surface area (TPSA) is 136 Å². The molecule has 2 aliphatic heterocycles. The van der Waals surface area contributed by atoms with Gasteiger partial charge in [0.25, 0.3) is 10.8 Å². The van der Waals surface area contributed by atoms with Gasteiger partial charge in [0.1, 0.15) is 23.0 Å². The van der Waals surface area contributed by atoms with Gasteiger partial charge in [-0.05, 0) is 74.9 Å². The van der Waals surface area contributed by atoms with Crippen molar-refractivity contribution >= 4 is 29.5 Å². The van der Waals surface area contributed by atoms with E-state index in [0.717, 1.165) is 38.8 Å². The quantitative estimate of drug-likeness (QED) is 0.268. The Morgan fingerprint density at radius 2 is 1.60 bits per heavy atom. The van der Waals surface area contributed by atoms with Gasteiger partial charge >= 0.3 is 12.1 Å². The predicted molar refractivity (Wildman–Crippen MR) is 147 cm³/mol. The number of nitriles is 2. The summed E-state index contributed by atoms with van der Waals surface area (Å²) in [5, 5.41) is 20.3. The normalized spacial score (nSPS) is 19.5. The number of amides is 1. The van der Waals surface area contributed by atoms with E-state index in [-0.39, 0.29) is 27.6 Å². The number of alkyl halides is 3. The molecular weight excluding hydrogens is 569 g/mol. The molecule has 1 atom stereocenters. The maximum Gasteiger partial charge on any atom is 0.491 e. The molecule has 3 heterocycles. The molecule has 5 rings (SSSR count). The summed E-state index contributed by atoms with van der Waals surface area (Å²) in [6.45, 7) is 3.29. The molecule has 1 amide bonds. The van der Waals surface area contributed by atoms with Crippen molar-refractivity contribution in [2.24, 2.45) is 5.73 Å². The number of aromatic nitrogens is 1. The summed E-state index contributed by atoms with van der Waals surface area (Å²) in [6.07, 6.45) is 0.0362. The number of nitrogens with zero attached hydrogens (tertiary/aromatic N) is 5. The molecule has 2 N–H and O–H groups in total. The van der Waals surface area contributed by atoms with Crippen molar-refractivity contribution < 1.29 is 27.5 Å². The second-order valence-corrected chi connectivity index (χ2v) is 11.9. The Balaban J connectivity index is 1.61. The van der Waals surface area contributed by atoms with E-state index in [2.05, 4.69) is 22.0 Å². The van der Waals surface area contributed by atoms with Crippen molar-refractivity contribution in [1.29, 1.82) is 10.5 Å². The fourth-order valence-corrected chi connectivity index (χ4v) is 6.92. The van der Waals surface area contributed by atoms with Crippen molar-refractivity contribution in [3.05, 3.63) is 52.6 Å². The first kappa shape index (κ1) is 29.7. The second-order valence-electron chi connectivity index (χ2n) is 10.7. The SMILES string of the molecule is N#Cc1c(SC(OC(=O)C(F)(F)F)(C(N)=O)c2ccccc2)nc(N2CCC(N3CCCC3)CC2)c(C#N)c1C1CC1. The summed E-state index contributed by atoms with van der Waals surface area (Å²) in [5.74, 6) is -3.81. The van der Waals surface area contributed by atoms with E-state index in [9.17, 15) is 33.3 Å². The van der Waals surface area contributed by atoms with Gasteiger partial charge in [0.2, 0.25) is 0 Å². The number of ether oxygens (including phenoxy) is 1. The highest BCUT2D eigenvalue weighted by Gasteiger charge is 2.52. The summed E-state index contributed by atoms with van der Waals surface area (Å²) >= 11 is 0.375. The van der Waals surface area contributed by atoms with Crippen LogP contribution >= 0.6 is 11.8 Å². The van der Waals surface area contributed by atoms with Crippen LogP contribution in [0, 0.1) is 22.7 Å². The Hall–Kier alpha value is -3.81. The Kier molecular flexibility index (Phi) is 8.35. The van der Waals surface area contributed by atoms with E-state index in [4.69, 9.17) is 10.5 Å². The maximum atomic E-state index is 13.4. The molecule has 1 saturated carbocycles. The highest BCUT2D eigenvalue weighted by Crippen LogP contribution is 2.50. The number of halogens is 3. The number of anilines is 1. The van der Waals surface area contributed by atoms with Gasteiger partial charge in [-0.15, -0.1) is 0 Å². The van der Waals surface area contributed by atoms with Gasteiger partial charge in [0, 0.05) is 24.7 Å². The fourth-order valence-electron chi connectivity index (χ4n) is 5.78. The first-order valence-electron chi connectivity index (χ1n) is 13.8. The van der Waals surface area contributed by atoms with Gasteiger partial charge in [0.05, 0.1) is 11.1 Å². The molecule has 42 heavy (non-hydrogen) atoms. The number of hydrogen-bond acceptors (Lipinski definition) is 9. The van der Waals surface area contributed by atoms with Crippen LogP contribution in [0.15, 0.2) is 35.4 Å². The van der Waals surface area contributed by atoms with Crippen LogP contribution in [0.25, 0.3) is 0 Å². The smallest absolute Gasteiger partial charge is 0.427 e. The Morgan fingerprint density at radius 1 is 0.976 bits per heavy atom. The zero-order valence-electron chi connectivity index (χ0n) is 22.7. The Bertz CT molecular complexity index is 1440. The van der Waals surface area contributed by atoms with Gasteiger partial charge < -0.3 is 20.3 Å². The lowest BCUT2D eigenvalue weighted by Gasteiger charge is -2.38. The molecular formula is C29H29F3N6O3S. The minimum atomic E-state index is -5.42. The first-order chi connectivity index (χ1) is 20.1. The third-order valence-electron chi connectivity index (χ3n) is 8.00. The summed E-state index contributed by atoms with van der Waals surface area (Å²) in [6, 6.07) is 11.8. The average Bonchev–Trinajstić information content (AvgIpc) is 3.68. The van der Waals surface area contributed by atoms with Crippen LogP contribution in [-0.2, 0) is 19.3 Å². The van der Waals surface area contributed by atoms with Gasteiger partial charge in [-0.2, -0.15) is 23.7 Å². The van der Waals surface area contributed by atoms with Gasteiger partial charge in [-0.25, -0.2) is 9.78 Å². The van der Waals surface area contributed by atoms with Crippen molar-refractivity contribution in [1.82, 2.24) is 9.88 Å². The second kappa shape index (κ2) is 11.8. The Morgan fingerprint density at radius 3 is 2.12 bits per heavy atom. The minimum absolute atomic E-state index is 0.0423. The number of benzene rings is 1. The molecule has 220 valence electrons. The molecule has 1 unspecified atom stereocenters. The molecule has 3 aliphatic rings. The number of primary amides is 1. The van der Waals surface area contributed by atoms with E-state index in [0.29, 0.717) is 42.3 Å². The van der Waals surface area contributed by atoms with E-state index in [1.54, 1.807) is 6.07 Å². The van der Waals surface area contributed by atoms with E-state index < -0.39 is 23.0 Å². The lowest BCUT2D eigenvalue weighted by atomic mass is 9.98. The van der Waals surface area contributed by atoms with Crippen LogP contribution in [0.5, 0.6) is 0 Å². The number of pyridine rings is 1. The lowest BCUT2D eigenvalue weighted by Crippen LogP contribution is -2.45. The molecule has 0 bridgehead atoms. The number of thioether (sulfide) groups is 1. The molecule has 3 fully saturated rings. The monoisotopic (exact) mass is 598 g/mol. The van der Waals surface area contributed by atoms with Gasteiger partial charge in [-0.3, -0.25) is 4.79 Å². The van der Waals surface area contributed by atoms with Crippen LogP contribution in [0.1, 0.15) is 66.7 Å². The van der Waals surface area contributed by atoms with Crippen LogP contribution in [0.2, 0.25) is 0 Å². The van der Waals surface area contributed by atoms with Crippen molar-refractivity contribution in [2.75, 3.05) is 31.1 Å². The van der Waals surface area contributed by atoms with Crippen molar-refractivity contribution in [3.63, 3.8) is 0 Å². The predicted octanol–water partition coefficient (Wildman–Crippen LogP) is 4.30. The van der Waals surface area contributed by atoms with Crippen LogP contribution in [0.3, 0.4) is 0 Å². The molecule has 2 aromatic rings. The highest BCUT2D eigenvalue weighted by atomic mass is 32.2. The number of likely N-dealkylation sites (tertiary alicyclic amines) is 1. The fraction of sp³-hybridized carbons (Fsp3) is 0.483. The lowest BCUT2D eigenvalue weighted by molar-refractivity contribution is -0.208. The zero-order valence-corrected chi connectivity index (χ0v) is 23.5. The maximum absolute atomic E-state index is 13.4. The van der Waals surface area contributed by atoms with Crippen molar-refractivity contribution in [3.8, 4) is 12.1 Å². The molecule has 2 saturated heterocycles. The number of rotatable bonds is 8. The number of esters is 1. The highest BCUT2D eigenvalue weighted by molar-refractivity contribution is 8.00. The number of carbonyl (C=O) groups excluding carboxylic acids is 2. The average molecular weight is 599 g/mol. The molecule has 0 radical (unpaired) electrons. The van der Waals surface area contributed by atoms with Crippen LogP contribution in [0.4, 0.5) is 19.0 Å². The van der Waals surface area contributed by atoms with Crippen LogP contribution < -0.4 is 10.6 Å². The minimum Gasteiger partial charge on any atom is -0.427 e. The third-order valence-corrected chi connectivity index (χ3v) is 9.30. The molecule has 1 aliphatic carbocycles. The summed E-state index contributed by atoms with van der Waals surface area (Å²) in [4.78, 5) is 31.5. The summed E-state index contributed by atoms with van der Waals surface area (Å²) in [5.41, 5.74) is 6.20. The number of carbonyl (C=O) groups is 2. The zero-order chi connectivity index (χ0) is 30.1. The van der Waals surface area contributed by atoms with E-state index in [1.807, 2.05) is 4.90 Å². The molecule has 13 heteroatoms. The van der Waals surface area contributed by atoms with E-state index in [1.165, 1.54) is 37.1 Å². The third kappa shape index (κ3) is 5.76. The largest absolute Gasteiger partial charge is 0.491 e. The van der Waals surface area contributed by atoms with Gasteiger partial charge in [0.15, 0.2) is 0 Å².